The number of nitrogens with one attached hydrogen (secondary N) is 1. The molecule has 0 spiro atoms. The number of nitrogens with zero attached hydrogens (tertiary/aromatic N) is 1. The van der Waals surface area contributed by atoms with Crippen molar-refractivity contribution in [3.63, 3.8) is 0 Å². The SMILES string of the molecule is CCN(CC)CCCNCC(C)(C)CO. The molecule has 3 heteroatoms. The lowest BCUT2D eigenvalue weighted by atomic mass is 9.95. The Hall–Kier alpha value is -0.120. The molecule has 0 bridgehead atoms. The summed E-state index contributed by atoms with van der Waals surface area (Å²) in [7, 11) is 0. The van der Waals surface area contributed by atoms with Crippen molar-refractivity contribution in [2.75, 3.05) is 39.3 Å². The Kier molecular flexibility index (Phi) is 8.02. The van der Waals surface area contributed by atoms with E-state index < -0.39 is 0 Å². The van der Waals surface area contributed by atoms with Crippen molar-refractivity contribution in [1.29, 1.82) is 0 Å². The Morgan fingerprint density at radius 3 is 2.27 bits per heavy atom. The average molecular weight is 216 g/mol. The Morgan fingerprint density at radius 1 is 1.20 bits per heavy atom. The van der Waals surface area contributed by atoms with Crippen molar-refractivity contribution in [3.8, 4) is 0 Å². The van der Waals surface area contributed by atoms with Crippen LogP contribution in [0.2, 0.25) is 0 Å². The molecule has 0 aliphatic carbocycles. The second-order valence-corrected chi connectivity index (χ2v) is 4.88. The lowest BCUT2D eigenvalue weighted by molar-refractivity contribution is 0.156. The van der Waals surface area contributed by atoms with E-state index in [0.29, 0.717) is 0 Å². The predicted molar refractivity (Wildman–Crippen MR) is 66.1 cm³/mol. The van der Waals surface area contributed by atoms with Crippen LogP contribution in [0.5, 0.6) is 0 Å². The van der Waals surface area contributed by atoms with Crippen LogP contribution in [0.15, 0.2) is 0 Å². The molecule has 0 saturated carbocycles. The van der Waals surface area contributed by atoms with Gasteiger partial charge in [0.1, 0.15) is 0 Å². The Morgan fingerprint density at radius 2 is 1.80 bits per heavy atom. The molecule has 0 aliphatic heterocycles. The zero-order valence-corrected chi connectivity index (χ0v) is 10.8. The van der Waals surface area contributed by atoms with Gasteiger partial charge >= 0.3 is 0 Å². The molecule has 0 radical (unpaired) electrons. The summed E-state index contributed by atoms with van der Waals surface area (Å²) in [6.07, 6.45) is 1.18. The fourth-order valence-corrected chi connectivity index (χ4v) is 1.45. The number of aliphatic hydroxyl groups is 1. The Bertz CT molecular complexity index is 145. The van der Waals surface area contributed by atoms with Crippen LogP contribution in [0.3, 0.4) is 0 Å². The first-order chi connectivity index (χ1) is 7.05. The van der Waals surface area contributed by atoms with Crippen LogP contribution in [0, 0.1) is 5.41 Å². The number of aliphatic hydroxyl groups excluding tert-OH is 1. The normalized spacial score (nSPS) is 12.4. The lowest BCUT2D eigenvalue weighted by Crippen LogP contribution is -2.34. The topological polar surface area (TPSA) is 35.5 Å². The largest absolute Gasteiger partial charge is 0.396 e. The summed E-state index contributed by atoms with van der Waals surface area (Å²) < 4.78 is 0. The number of rotatable bonds is 9. The van der Waals surface area contributed by atoms with Crippen LogP contribution < -0.4 is 5.32 Å². The highest BCUT2D eigenvalue weighted by Gasteiger charge is 2.14. The summed E-state index contributed by atoms with van der Waals surface area (Å²) in [4.78, 5) is 2.43. The highest BCUT2D eigenvalue weighted by Crippen LogP contribution is 2.10. The highest BCUT2D eigenvalue weighted by atomic mass is 16.3. The third kappa shape index (κ3) is 7.77. The van der Waals surface area contributed by atoms with E-state index in [1.54, 1.807) is 0 Å². The summed E-state index contributed by atoms with van der Waals surface area (Å²) in [6.45, 7) is 14.2. The molecule has 0 rings (SSSR count). The van der Waals surface area contributed by atoms with Crippen molar-refractivity contribution in [2.24, 2.45) is 5.41 Å². The second-order valence-electron chi connectivity index (χ2n) is 4.88. The summed E-state index contributed by atoms with van der Waals surface area (Å²) in [5.74, 6) is 0. The molecule has 0 aromatic carbocycles. The third-order valence-corrected chi connectivity index (χ3v) is 2.75. The van der Waals surface area contributed by atoms with Crippen LogP contribution in [0.25, 0.3) is 0 Å². The van der Waals surface area contributed by atoms with Gasteiger partial charge in [0.05, 0.1) is 0 Å². The monoisotopic (exact) mass is 216 g/mol. The molecule has 0 aliphatic rings. The number of hydrogen-bond donors (Lipinski definition) is 2. The molecule has 3 nitrogen and oxygen atoms in total. The molecule has 0 atom stereocenters. The van der Waals surface area contributed by atoms with E-state index in [1.165, 1.54) is 13.0 Å². The zero-order chi connectivity index (χ0) is 11.7. The molecule has 0 aromatic heterocycles. The first kappa shape index (κ1) is 14.9. The first-order valence-corrected chi connectivity index (χ1v) is 6.09. The molecule has 0 amide bonds. The molecular formula is C12H28N2O. The maximum Gasteiger partial charge on any atom is 0.0494 e. The molecule has 0 unspecified atom stereocenters. The highest BCUT2D eigenvalue weighted by molar-refractivity contribution is 4.69. The Balaban J connectivity index is 3.39. The lowest BCUT2D eigenvalue weighted by Gasteiger charge is -2.23. The van der Waals surface area contributed by atoms with Gasteiger partial charge in [0, 0.05) is 18.6 Å². The fraction of sp³-hybridized carbons (Fsp3) is 1.00. The minimum Gasteiger partial charge on any atom is -0.396 e. The van der Waals surface area contributed by atoms with Gasteiger partial charge in [-0.25, -0.2) is 0 Å². The van der Waals surface area contributed by atoms with Gasteiger partial charge in [-0.2, -0.15) is 0 Å². The molecule has 92 valence electrons. The van der Waals surface area contributed by atoms with Crippen molar-refractivity contribution >= 4 is 0 Å². The molecule has 0 fully saturated rings. The average Bonchev–Trinajstić information content (AvgIpc) is 2.23. The smallest absolute Gasteiger partial charge is 0.0494 e. The Labute approximate surface area is 94.9 Å². The predicted octanol–water partition coefficient (Wildman–Crippen LogP) is 1.33. The number of hydrogen-bond acceptors (Lipinski definition) is 3. The van der Waals surface area contributed by atoms with E-state index >= 15 is 0 Å². The van der Waals surface area contributed by atoms with E-state index in [4.69, 9.17) is 5.11 Å². The second kappa shape index (κ2) is 8.08. The van der Waals surface area contributed by atoms with Gasteiger partial charge in [-0.1, -0.05) is 27.7 Å². The van der Waals surface area contributed by atoms with E-state index in [0.717, 1.165) is 26.2 Å². The van der Waals surface area contributed by atoms with Gasteiger partial charge in [0.25, 0.3) is 0 Å². The van der Waals surface area contributed by atoms with E-state index in [2.05, 4.69) is 37.9 Å². The quantitative estimate of drug-likeness (QED) is 0.571. The van der Waals surface area contributed by atoms with Crippen LogP contribution in [-0.2, 0) is 0 Å². The summed E-state index contributed by atoms with van der Waals surface area (Å²) in [6, 6.07) is 0. The molecular weight excluding hydrogens is 188 g/mol. The van der Waals surface area contributed by atoms with Gasteiger partial charge in [-0.3, -0.25) is 0 Å². The molecule has 0 aromatic rings. The van der Waals surface area contributed by atoms with Crippen LogP contribution in [0.1, 0.15) is 34.1 Å². The van der Waals surface area contributed by atoms with Gasteiger partial charge < -0.3 is 15.3 Å². The molecule has 0 saturated heterocycles. The van der Waals surface area contributed by atoms with Crippen LogP contribution >= 0.6 is 0 Å². The summed E-state index contributed by atoms with van der Waals surface area (Å²) >= 11 is 0. The van der Waals surface area contributed by atoms with E-state index in [9.17, 15) is 0 Å². The standard InChI is InChI=1S/C12H28N2O/c1-5-14(6-2)9-7-8-13-10-12(3,4)11-15/h13,15H,5-11H2,1-4H3. The van der Waals surface area contributed by atoms with Crippen molar-refractivity contribution < 1.29 is 5.11 Å². The molecule has 15 heavy (non-hydrogen) atoms. The minimum absolute atomic E-state index is 0.00913. The summed E-state index contributed by atoms with van der Waals surface area (Å²) in [5, 5.41) is 12.5. The van der Waals surface area contributed by atoms with Gasteiger partial charge in [-0.15, -0.1) is 0 Å². The van der Waals surface area contributed by atoms with Gasteiger partial charge in [-0.05, 0) is 32.6 Å². The fourth-order valence-electron chi connectivity index (χ4n) is 1.45. The van der Waals surface area contributed by atoms with Crippen LogP contribution in [-0.4, -0.2) is 49.3 Å². The molecule has 0 heterocycles. The van der Waals surface area contributed by atoms with Crippen molar-refractivity contribution in [3.05, 3.63) is 0 Å². The summed E-state index contributed by atoms with van der Waals surface area (Å²) in [5.41, 5.74) is 0.00913. The first-order valence-electron chi connectivity index (χ1n) is 6.09. The maximum absolute atomic E-state index is 9.07. The molecule has 2 N–H and O–H groups in total. The maximum atomic E-state index is 9.07. The van der Waals surface area contributed by atoms with Crippen LogP contribution in [0.4, 0.5) is 0 Å². The zero-order valence-electron chi connectivity index (χ0n) is 10.8. The minimum atomic E-state index is 0.00913. The van der Waals surface area contributed by atoms with Gasteiger partial charge in [0.15, 0.2) is 0 Å². The third-order valence-electron chi connectivity index (χ3n) is 2.75. The van der Waals surface area contributed by atoms with Crippen molar-refractivity contribution in [1.82, 2.24) is 10.2 Å². The van der Waals surface area contributed by atoms with E-state index in [-0.39, 0.29) is 12.0 Å². The van der Waals surface area contributed by atoms with Crippen molar-refractivity contribution in [2.45, 2.75) is 34.1 Å². The van der Waals surface area contributed by atoms with Gasteiger partial charge in [0.2, 0.25) is 0 Å². The van der Waals surface area contributed by atoms with E-state index in [1.807, 2.05) is 0 Å².